The van der Waals surface area contributed by atoms with Crippen molar-refractivity contribution >= 4 is 47.0 Å². The van der Waals surface area contributed by atoms with E-state index in [1.165, 1.54) is 14.0 Å². The van der Waals surface area contributed by atoms with E-state index in [9.17, 15) is 126 Å². The first kappa shape index (κ1) is 86.1. The van der Waals surface area contributed by atoms with Crippen molar-refractivity contribution in [1.29, 1.82) is 0 Å². The molecule has 0 spiro atoms. The standard InChI is InChI=1S/C59H97NO41S2/c1-19(66)3-5-86-7-8-87-6-4-21(67)9-20(51(82)83)15-102-17-28-49-35(73)42(80)58(93-28)98-47-26(13-64)89-55(38(76)31(47)69)97-46-25(12-63)92-57(41(79)34(46)72)101-50-29(18-103-16-22(60-2)52(84)85)94-59(43(81)36(50)74)99-48-27(14-65)90-54(39(77)32(48)70)95-44-23(10-61)88-53(37(75)30(44)68)96-45-24(11-62)91-56(100-49)40(78)33(45)71/h20,22-50,53-65,68-81H,3-18H2,1-2H3,(H,82,83)(H,84,85)/t20?,22?,23?,24?,25?,26?,27?,28?,29?,30-,31-,32-,33-,34-,35-,36-,37?,38?,39?,40?,41?,42?,43?,44-,45-,46?,47-,48-,49-,50-,53-,54-,55+,56-,57+,58-,59+/m1/s1. The van der Waals surface area contributed by atoms with Crippen LogP contribution in [0.25, 0.3) is 0 Å². The summed E-state index contributed by atoms with van der Waals surface area (Å²) in [7, 11) is 1.35. The maximum absolute atomic E-state index is 13.0. The molecule has 0 saturated carbocycles. The molecule has 0 amide bonds. The van der Waals surface area contributed by atoms with Gasteiger partial charge in [-0.25, -0.2) is 0 Å². The van der Waals surface area contributed by atoms with Crippen LogP contribution in [-0.2, 0) is 95.0 Å². The fourth-order valence-electron chi connectivity index (χ4n) is 12.6. The second kappa shape index (κ2) is 40.0. The van der Waals surface area contributed by atoms with Crippen LogP contribution in [0.5, 0.6) is 0 Å². The summed E-state index contributed by atoms with van der Waals surface area (Å²) in [5.41, 5.74) is 0. The van der Waals surface area contributed by atoms with Crippen molar-refractivity contribution in [2.45, 2.75) is 247 Å². The number of ether oxygens (including phenoxy) is 16. The van der Waals surface area contributed by atoms with Crippen LogP contribution in [0.2, 0.25) is 0 Å². The van der Waals surface area contributed by atoms with Gasteiger partial charge in [0.2, 0.25) is 0 Å². The van der Waals surface area contributed by atoms with Gasteiger partial charge in [0.15, 0.2) is 44.0 Å². The Kier molecular flexibility index (Phi) is 33.4. The molecular weight excluding hydrogens is 1440 g/mol. The van der Waals surface area contributed by atoms with Gasteiger partial charge in [0.05, 0.1) is 77.6 Å². The predicted molar refractivity (Wildman–Crippen MR) is 332 cm³/mol. The van der Waals surface area contributed by atoms with Crippen LogP contribution < -0.4 is 5.32 Å². The number of carbonyl (C=O) groups is 4. The van der Waals surface area contributed by atoms with Gasteiger partial charge in [-0.05, 0) is 14.0 Å². The van der Waals surface area contributed by atoms with E-state index in [1.807, 2.05) is 0 Å². The molecular formula is C59H97NO41S2. The SMILES string of the molecule is CNC(CSCC1O[C@H]2O[C@@H]3C(CO)O[C@H](O[C@@H]4C(CO)O[C@H](O[C@@H]5C(CO)O[C@H](O[C@@H]6C(CSCC(CC(=O)CCOCCOCCC(C)=O)C(=O)O)O[C@H](O[C@@H]7C(CO)O[C@@H](OC8C(CO)O[C@@H](O[C@H]1[C@H](O)C2O)C(O)[C@H]8O)C(O)[C@H]7O)C(O)[C@H]6O)C(O)[C@H]5O)C(O)[C@H]4O)C(O)[C@H]3O)C(=O)O. The number of likely N-dealkylation sites (N-methyl/N-ethyl adjacent to an activating group) is 1. The van der Waals surface area contributed by atoms with Crippen molar-refractivity contribution in [1.82, 2.24) is 5.32 Å². The van der Waals surface area contributed by atoms with E-state index in [0.29, 0.717) is 0 Å². The average Bonchev–Trinajstić information content (AvgIpc) is 0.785. The highest BCUT2D eigenvalue weighted by Crippen LogP contribution is 2.40. The molecule has 17 unspecified atom stereocenters. The maximum Gasteiger partial charge on any atom is 0.321 e. The van der Waals surface area contributed by atoms with Crippen LogP contribution in [0.4, 0.5) is 0 Å². The summed E-state index contributed by atoms with van der Waals surface area (Å²) < 4.78 is 93.3. The Morgan fingerprint density at radius 3 is 0.845 bits per heavy atom. The third-order valence-electron chi connectivity index (χ3n) is 18.6. The highest BCUT2D eigenvalue weighted by Gasteiger charge is 2.60. The Labute approximate surface area is 595 Å². The van der Waals surface area contributed by atoms with Crippen molar-refractivity contribution in [3.8, 4) is 0 Å². The van der Waals surface area contributed by atoms with Crippen molar-refractivity contribution in [3.63, 3.8) is 0 Å². The van der Waals surface area contributed by atoms with Crippen LogP contribution >= 0.6 is 23.5 Å². The first-order valence-corrected chi connectivity index (χ1v) is 35.5. The average molecular weight is 1540 g/mol. The number of rotatable bonds is 27. The molecule has 21 aliphatic heterocycles. The molecule has 21 saturated heterocycles. The van der Waals surface area contributed by atoms with Gasteiger partial charge in [-0.3, -0.25) is 19.2 Å². The Morgan fingerprint density at radius 1 is 0.350 bits per heavy atom. The molecule has 596 valence electrons. The number of aliphatic hydroxyl groups excluding tert-OH is 19. The number of thioether (sulfide) groups is 2. The second-order valence-corrected chi connectivity index (χ2v) is 27.9. The molecule has 21 fully saturated rings. The molecule has 22 N–H and O–H groups in total. The van der Waals surface area contributed by atoms with Gasteiger partial charge in [-0.15, -0.1) is 0 Å². The van der Waals surface area contributed by atoms with Crippen molar-refractivity contribution in [2.24, 2.45) is 5.92 Å². The molecule has 103 heavy (non-hydrogen) atoms. The molecule has 21 aliphatic rings. The lowest BCUT2D eigenvalue weighted by Crippen LogP contribution is -2.68. The number of carbonyl (C=O) groups excluding carboxylic acids is 2. The highest BCUT2D eigenvalue weighted by molar-refractivity contribution is 7.99. The fourth-order valence-corrected chi connectivity index (χ4v) is 15.0. The topological polar surface area (TPSA) is 653 Å². The molecule has 21 rings (SSSR count). The van der Waals surface area contributed by atoms with E-state index in [2.05, 4.69) is 5.32 Å². The second-order valence-electron chi connectivity index (χ2n) is 25.7. The normalized spacial score (nSPS) is 44.9. The Balaban J connectivity index is 1.08. The summed E-state index contributed by atoms with van der Waals surface area (Å²) in [5, 5.41) is 239. The molecule has 44 heteroatoms. The molecule has 0 aromatic rings. The van der Waals surface area contributed by atoms with Crippen LogP contribution in [0.15, 0.2) is 0 Å². The Hall–Kier alpha value is -2.46. The number of hydrogen-bond acceptors (Lipinski definition) is 42. The third kappa shape index (κ3) is 21.0. The van der Waals surface area contributed by atoms with Gasteiger partial charge in [-0.2, -0.15) is 23.5 Å². The number of carboxylic acid groups (broad SMARTS) is 2. The van der Waals surface area contributed by atoms with Crippen LogP contribution in [-0.4, -0.2) is 441 Å². The van der Waals surface area contributed by atoms with Gasteiger partial charge in [0.1, 0.15) is 176 Å². The van der Waals surface area contributed by atoms with Gasteiger partial charge in [-0.1, -0.05) is 0 Å². The number of Topliss-reactive ketones (excluding diaryl/α,β-unsaturated/α-hetero) is 2. The van der Waals surface area contributed by atoms with E-state index in [1.54, 1.807) is 0 Å². The van der Waals surface area contributed by atoms with E-state index >= 15 is 0 Å². The zero-order chi connectivity index (χ0) is 75.4. The highest BCUT2D eigenvalue weighted by atomic mass is 32.2. The quantitative estimate of drug-likeness (QED) is 0.0340. The van der Waals surface area contributed by atoms with E-state index in [-0.39, 0.29) is 62.3 Å². The minimum Gasteiger partial charge on any atom is -0.481 e. The van der Waals surface area contributed by atoms with Gasteiger partial charge >= 0.3 is 11.9 Å². The summed E-state index contributed by atoms with van der Waals surface area (Å²) >= 11 is 1.66. The van der Waals surface area contributed by atoms with E-state index in [0.717, 1.165) is 23.5 Å². The molecule has 0 radical (unpaired) electrons. The number of carboxylic acids is 2. The number of aliphatic carboxylic acids is 2. The molecule has 42 nitrogen and oxygen atoms in total. The zero-order valence-corrected chi connectivity index (χ0v) is 57.2. The molecule has 0 aliphatic carbocycles. The first-order valence-electron chi connectivity index (χ1n) is 33.2. The Morgan fingerprint density at radius 2 is 0.602 bits per heavy atom. The monoisotopic (exact) mass is 1540 g/mol. The lowest BCUT2D eigenvalue weighted by atomic mass is 9.95. The first-order chi connectivity index (χ1) is 49.0. The van der Waals surface area contributed by atoms with Crippen LogP contribution in [0.3, 0.4) is 0 Å². The van der Waals surface area contributed by atoms with E-state index < -0.39 is 290 Å². The summed E-state index contributed by atoms with van der Waals surface area (Å²) in [6.45, 7) is -3.91. The largest absolute Gasteiger partial charge is 0.481 e. The minimum atomic E-state index is -2.31. The van der Waals surface area contributed by atoms with Gasteiger partial charge < -0.3 is 188 Å². The molecule has 21 heterocycles. The lowest BCUT2D eigenvalue weighted by Gasteiger charge is -2.50. The fraction of sp³-hybridized carbons (Fsp3) is 0.932. The minimum absolute atomic E-state index is 0.0645. The number of nitrogens with one attached hydrogen (secondary N) is 1. The summed E-state index contributed by atoms with van der Waals surface area (Å²) in [6, 6.07) is -1.18. The van der Waals surface area contributed by atoms with E-state index in [4.69, 9.17) is 75.8 Å². The summed E-state index contributed by atoms with van der Waals surface area (Å²) in [4.78, 5) is 48.7. The van der Waals surface area contributed by atoms with Gasteiger partial charge in [0.25, 0.3) is 0 Å². The van der Waals surface area contributed by atoms with Crippen LogP contribution in [0.1, 0.15) is 26.2 Å². The Bertz CT molecular complexity index is 2610. The zero-order valence-electron chi connectivity index (χ0n) is 55.5. The van der Waals surface area contributed by atoms with Gasteiger partial charge in [0, 0.05) is 42.3 Å². The molecule has 0 aromatic heterocycles. The molecule has 14 bridgehead atoms. The smallest absolute Gasteiger partial charge is 0.321 e. The summed E-state index contributed by atoms with van der Waals surface area (Å²) in [5.74, 6) is -6.08. The van der Waals surface area contributed by atoms with Crippen molar-refractivity contribution in [3.05, 3.63) is 0 Å². The number of ketones is 2. The number of aliphatic hydroxyl groups is 19. The van der Waals surface area contributed by atoms with Crippen molar-refractivity contribution < 1.29 is 202 Å². The van der Waals surface area contributed by atoms with Crippen LogP contribution in [0, 0.1) is 5.92 Å². The predicted octanol–water partition coefficient (Wildman–Crippen LogP) is -13.0. The number of hydrogen-bond donors (Lipinski definition) is 22. The summed E-state index contributed by atoms with van der Waals surface area (Å²) in [6.07, 6.45) is -73.1. The molecule has 0 aromatic carbocycles. The molecule has 37 atom stereocenters. The maximum atomic E-state index is 13.0. The lowest BCUT2D eigenvalue weighted by molar-refractivity contribution is -0.395. The third-order valence-corrected chi connectivity index (χ3v) is 20.9. The van der Waals surface area contributed by atoms with Crippen molar-refractivity contribution in [2.75, 3.05) is 89.5 Å².